The third-order valence-corrected chi connectivity index (χ3v) is 3.38. The summed E-state index contributed by atoms with van der Waals surface area (Å²) in [5.74, 6) is 4.07. The van der Waals surface area contributed by atoms with Gasteiger partial charge in [0.25, 0.3) is 5.91 Å². The summed E-state index contributed by atoms with van der Waals surface area (Å²) < 4.78 is 1.79. The Morgan fingerprint density at radius 3 is 2.63 bits per heavy atom. The zero-order chi connectivity index (χ0) is 13.8. The van der Waals surface area contributed by atoms with Gasteiger partial charge in [-0.15, -0.1) is 0 Å². The van der Waals surface area contributed by atoms with Crippen molar-refractivity contribution in [2.24, 2.45) is 0 Å². The maximum Gasteiger partial charge on any atom is 0.352 e. The number of hydrogen-bond acceptors (Lipinski definition) is 2. The number of nitrogens with zero attached hydrogens (tertiary/aromatic N) is 2. The van der Waals surface area contributed by atoms with Crippen molar-refractivity contribution < 1.29 is 14.7 Å². The minimum Gasteiger partial charge on any atom is -0.477 e. The van der Waals surface area contributed by atoms with Crippen LogP contribution in [0.2, 0.25) is 0 Å². The van der Waals surface area contributed by atoms with Gasteiger partial charge >= 0.3 is 5.97 Å². The number of carbonyl (C=O) groups excluding carboxylic acids is 1. The zero-order valence-electron chi connectivity index (χ0n) is 10.8. The number of aromatic nitrogens is 1. The number of carbonyl (C=O) groups is 2. The van der Waals surface area contributed by atoms with Crippen molar-refractivity contribution >= 4 is 11.9 Å². The molecule has 1 fully saturated rings. The average Bonchev–Trinajstić information content (AvgIpc) is 2.88. The van der Waals surface area contributed by atoms with Crippen LogP contribution >= 0.6 is 0 Å². The second-order valence-electron chi connectivity index (χ2n) is 4.50. The molecule has 0 radical (unpaired) electrons. The normalized spacial score (nSPS) is 15.7. The van der Waals surface area contributed by atoms with Crippen molar-refractivity contribution in [2.75, 3.05) is 13.1 Å². The largest absolute Gasteiger partial charge is 0.477 e. The summed E-state index contributed by atoms with van der Waals surface area (Å²) in [6, 6.07) is 3.48. The first-order valence-electron chi connectivity index (χ1n) is 6.25. The topological polar surface area (TPSA) is 62.5 Å². The number of amides is 1. The molecule has 0 aliphatic carbocycles. The molecule has 0 saturated carbocycles. The average molecular weight is 260 g/mol. The van der Waals surface area contributed by atoms with Gasteiger partial charge < -0.3 is 14.6 Å². The van der Waals surface area contributed by atoms with Gasteiger partial charge in [-0.2, -0.15) is 0 Å². The highest BCUT2D eigenvalue weighted by atomic mass is 16.4. The molecule has 1 aliphatic heterocycles. The Bertz CT molecular complexity index is 543. The van der Waals surface area contributed by atoms with Crippen LogP contribution in [-0.4, -0.2) is 39.5 Å². The van der Waals surface area contributed by atoms with E-state index in [1.165, 1.54) is 0 Å². The van der Waals surface area contributed by atoms with Gasteiger partial charge in [0.2, 0.25) is 0 Å². The zero-order valence-corrected chi connectivity index (χ0v) is 10.8. The van der Waals surface area contributed by atoms with Gasteiger partial charge in [-0.05, 0) is 37.8 Å². The van der Waals surface area contributed by atoms with Crippen molar-refractivity contribution in [2.45, 2.75) is 25.8 Å². The van der Waals surface area contributed by atoms with Crippen molar-refractivity contribution in [1.29, 1.82) is 0 Å². The Morgan fingerprint density at radius 2 is 2.05 bits per heavy atom. The number of carboxylic acid groups (broad SMARTS) is 1. The fourth-order valence-corrected chi connectivity index (χ4v) is 2.43. The Hall–Kier alpha value is -2.22. The Kier molecular flexibility index (Phi) is 3.91. The third kappa shape index (κ3) is 2.79. The molecule has 0 atom stereocenters. The number of rotatable bonds is 2. The quantitative estimate of drug-likeness (QED) is 0.817. The second kappa shape index (κ2) is 5.61. The number of piperidine rings is 1. The van der Waals surface area contributed by atoms with Crippen LogP contribution < -0.4 is 0 Å². The number of aromatic carboxylic acids is 1. The third-order valence-electron chi connectivity index (χ3n) is 3.38. The van der Waals surface area contributed by atoms with Crippen molar-refractivity contribution in [3.63, 3.8) is 0 Å². The van der Waals surface area contributed by atoms with Crippen LogP contribution in [0.3, 0.4) is 0 Å². The summed E-state index contributed by atoms with van der Waals surface area (Å²) in [5, 5.41) is 9.09. The lowest BCUT2D eigenvalue weighted by Crippen LogP contribution is -2.38. The molecule has 1 saturated heterocycles. The Labute approximate surface area is 111 Å². The number of carboxylic acids is 1. The molecule has 19 heavy (non-hydrogen) atoms. The molecule has 1 aliphatic rings. The van der Waals surface area contributed by atoms with Crippen LogP contribution in [0, 0.1) is 11.8 Å². The molecule has 5 nitrogen and oxygen atoms in total. The lowest BCUT2D eigenvalue weighted by Gasteiger charge is -2.32. The second-order valence-corrected chi connectivity index (χ2v) is 4.50. The first kappa shape index (κ1) is 13.2. The van der Waals surface area contributed by atoms with E-state index >= 15 is 0 Å². The van der Waals surface area contributed by atoms with Crippen LogP contribution in [0.5, 0.6) is 0 Å². The van der Waals surface area contributed by atoms with Gasteiger partial charge in [0.1, 0.15) is 5.69 Å². The number of likely N-dealkylation sites (tertiary alicyclic amines) is 1. The molecule has 100 valence electrons. The van der Waals surface area contributed by atoms with E-state index in [-0.39, 0.29) is 11.9 Å². The highest BCUT2D eigenvalue weighted by molar-refractivity contribution is 5.93. The molecular weight excluding hydrogens is 244 g/mol. The molecule has 5 heteroatoms. The molecule has 1 aromatic rings. The standard InChI is InChI=1S/C14H16N2O3/c1-2-4-13(17)15-9-6-11(7-10-15)16-8-3-5-12(16)14(18)19/h3,5,8,11H,6-7,9-10H2,1H3,(H,18,19). The van der Waals surface area contributed by atoms with Gasteiger partial charge in [0.15, 0.2) is 0 Å². The molecule has 0 unspecified atom stereocenters. The van der Waals surface area contributed by atoms with E-state index in [1.807, 2.05) is 0 Å². The summed E-state index contributed by atoms with van der Waals surface area (Å²) in [7, 11) is 0. The predicted octanol–water partition coefficient (Wildman–Crippen LogP) is 1.37. The van der Waals surface area contributed by atoms with Gasteiger partial charge in [0, 0.05) is 25.3 Å². The smallest absolute Gasteiger partial charge is 0.352 e. The van der Waals surface area contributed by atoms with E-state index < -0.39 is 5.97 Å². The molecule has 1 amide bonds. The number of hydrogen-bond donors (Lipinski definition) is 1. The van der Waals surface area contributed by atoms with E-state index in [4.69, 9.17) is 5.11 Å². The SMILES string of the molecule is CC#CC(=O)N1CCC(n2cccc2C(=O)O)CC1. The maximum absolute atomic E-state index is 11.6. The first-order valence-corrected chi connectivity index (χ1v) is 6.25. The molecule has 0 spiro atoms. The van der Waals surface area contributed by atoms with Crippen LogP contribution in [0.4, 0.5) is 0 Å². The van der Waals surface area contributed by atoms with E-state index in [1.54, 1.807) is 34.7 Å². The van der Waals surface area contributed by atoms with Gasteiger partial charge in [-0.3, -0.25) is 4.79 Å². The first-order chi connectivity index (χ1) is 9.13. The Morgan fingerprint density at radius 1 is 1.37 bits per heavy atom. The van der Waals surface area contributed by atoms with Crippen molar-refractivity contribution in [3.8, 4) is 11.8 Å². The van der Waals surface area contributed by atoms with Crippen LogP contribution in [0.15, 0.2) is 18.3 Å². The van der Waals surface area contributed by atoms with Gasteiger partial charge in [-0.1, -0.05) is 5.92 Å². The minimum absolute atomic E-state index is 0.139. The molecule has 1 N–H and O–H groups in total. The lowest BCUT2D eigenvalue weighted by molar-refractivity contribution is -0.126. The van der Waals surface area contributed by atoms with Gasteiger partial charge in [-0.25, -0.2) is 4.79 Å². The molecule has 2 rings (SSSR count). The van der Waals surface area contributed by atoms with E-state index in [0.29, 0.717) is 18.8 Å². The van der Waals surface area contributed by atoms with E-state index in [9.17, 15) is 9.59 Å². The summed E-state index contributed by atoms with van der Waals surface area (Å²) in [6.45, 7) is 2.88. The molecule has 1 aromatic heterocycles. The Balaban J connectivity index is 2.03. The van der Waals surface area contributed by atoms with Crippen LogP contribution in [-0.2, 0) is 4.79 Å². The van der Waals surface area contributed by atoms with Crippen LogP contribution in [0.25, 0.3) is 0 Å². The van der Waals surface area contributed by atoms with Crippen LogP contribution in [0.1, 0.15) is 36.3 Å². The lowest BCUT2D eigenvalue weighted by atomic mass is 10.0. The molecule has 0 bridgehead atoms. The summed E-state index contributed by atoms with van der Waals surface area (Å²) in [4.78, 5) is 24.4. The highest BCUT2D eigenvalue weighted by Gasteiger charge is 2.24. The van der Waals surface area contributed by atoms with Gasteiger partial charge in [0.05, 0.1) is 0 Å². The maximum atomic E-state index is 11.6. The van der Waals surface area contributed by atoms with Crippen molar-refractivity contribution in [3.05, 3.63) is 24.0 Å². The van der Waals surface area contributed by atoms with Crippen molar-refractivity contribution in [1.82, 2.24) is 9.47 Å². The fourth-order valence-electron chi connectivity index (χ4n) is 2.43. The summed E-state index contributed by atoms with van der Waals surface area (Å²) in [6.07, 6.45) is 3.30. The fraction of sp³-hybridized carbons (Fsp3) is 0.429. The van der Waals surface area contributed by atoms with E-state index in [2.05, 4.69) is 11.8 Å². The molecule has 0 aromatic carbocycles. The highest BCUT2D eigenvalue weighted by Crippen LogP contribution is 2.24. The van der Waals surface area contributed by atoms with E-state index in [0.717, 1.165) is 12.8 Å². The molecular formula is C14H16N2O3. The summed E-state index contributed by atoms with van der Waals surface area (Å²) >= 11 is 0. The molecule has 2 heterocycles. The monoisotopic (exact) mass is 260 g/mol. The predicted molar refractivity (Wildman–Crippen MR) is 69.7 cm³/mol. The summed E-state index contributed by atoms with van der Waals surface area (Å²) in [5.41, 5.74) is 0.304. The minimum atomic E-state index is -0.916.